The van der Waals surface area contributed by atoms with E-state index >= 15 is 0 Å². The van der Waals surface area contributed by atoms with Crippen LogP contribution in [0.15, 0.2) is 0 Å². The third-order valence-corrected chi connectivity index (χ3v) is 4.96. The average molecular weight is 768 g/mol. The van der Waals surface area contributed by atoms with E-state index in [0.717, 1.165) is 12.5 Å². The number of aromatic amines is 1. The molecule has 31 heteroatoms. The number of aromatic nitrogens is 3. The van der Waals surface area contributed by atoms with Crippen LogP contribution in [0.25, 0.3) is 0 Å². The van der Waals surface area contributed by atoms with Gasteiger partial charge in [-0.25, -0.2) is 0 Å². The molecule has 0 saturated carbocycles. The molecule has 0 saturated heterocycles. The van der Waals surface area contributed by atoms with Crippen LogP contribution in [-0.2, 0) is 27.4 Å². The molecule has 0 aromatic carbocycles. The number of carbonyl (C=O) groups excluding carboxylic acids is 2. The Morgan fingerprint density at radius 2 is 1.20 bits per heavy atom. The summed E-state index contributed by atoms with van der Waals surface area (Å²) in [7, 11) is 1.75. The molecule has 0 bridgehead atoms. The number of H-pyrrole nitrogens is 1. The number of halogens is 18. The maximum absolute atomic E-state index is 13.4. The predicted octanol–water partition coefficient (Wildman–Crippen LogP) is 0.421. The van der Waals surface area contributed by atoms with Crippen molar-refractivity contribution in [1.82, 2.24) is 30.9 Å². The third kappa shape index (κ3) is 9.62. The molecule has 0 aliphatic carbocycles. The van der Waals surface area contributed by atoms with Gasteiger partial charge in [0.2, 0.25) is 5.82 Å². The van der Waals surface area contributed by atoms with E-state index in [1.54, 1.807) is 5.10 Å². The molecule has 0 unspecified atom stereocenters. The second-order valence-electron chi connectivity index (χ2n) is 7.20. The van der Waals surface area contributed by atoms with Crippen LogP contribution in [0.1, 0.15) is 5.82 Å². The molecule has 1 aromatic heterocycles. The van der Waals surface area contributed by atoms with Gasteiger partial charge >= 0.3 is 83.4 Å². The normalized spacial score (nSPS) is 13.1. The first kappa shape index (κ1) is 48.1. The first-order chi connectivity index (χ1) is 19.7. The van der Waals surface area contributed by atoms with Gasteiger partial charge < -0.3 is 20.0 Å². The first-order valence-corrected chi connectivity index (χ1v) is 10.6. The van der Waals surface area contributed by atoms with Crippen LogP contribution in [0, 0.1) is 4.77 Å². The summed E-state index contributed by atoms with van der Waals surface area (Å²) in [4.78, 5) is 22.0. The zero-order valence-corrected chi connectivity index (χ0v) is 25.4. The Kier molecular flexibility index (Phi) is 16.9. The molecule has 0 fully saturated rings. The molecule has 0 aliphatic heterocycles. The number of hydrogen-bond donors (Lipinski definition) is 4. The Morgan fingerprint density at radius 3 is 1.48 bits per heavy atom. The molecule has 0 aliphatic rings. The number of alkyl halides is 18. The minimum absolute atomic E-state index is 0. The molecule has 0 radical (unpaired) electrons. The minimum Gasteiger partial charge on any atom is -0.662 e. The Balaban J connectivity index is -0.000000705. The summed E-state index contributed by atoms with van der Waals surface area (Å²) in [6, 6.07) is 0. The number of amides is 1. The van der Waals surface area contributed by atoms with Crippen molar-refractivity contribution in [2.24, 2.45) is 7.05 Å². The van der Waals surface area contributed by atoms with E-state index in [1.807, 2.05) is 5.32 Å². The molecule has 10 nitrogen and oxygen atoms in total. The van der Waals surface area contributed by atoms with Crippen molar-refractivity contribution in [2.75, 3.05) is 7.05 Å². The van der Waals surface area contributed by atoms with Gasteiger partial charge in [-0.2, -0.15) is 84.1 Å². The zero-order valence-electron chi connectivity index (χ0n) is 21.7. The van der Waals surface area contributed by atoms with E-state index in [-0.39, 0.29) is 40.6 Å². The van der Waals surface area contributed by atoms with Crippen LogP contribution < -0.4 is 51.0 Å². The van der Waals surface area contributed by atoms with Crippen LogP contribution in [0.2, 0.25) is 0 Å². The molecule has 1 aromatic rings. The van der Waals surface area contributed by atoms with E-state index in [2.05, 4.69) is 34.4 Å². The van der Waals surface area contributed by atoms with Gasteiger partial charge in [0.1, 0.15) is 0 Å². The quantitative estimate of drug-likeness (QED) is 0.0778. The average Bonchev–Trinajstić information content (AvgIpc) is 3.23. The fraction of sp³-hybridized carbons (Fsp3) is 0.667. The third-order valence-electron chi connectivity index (χ3n) is 4.29. The van der Waals surface area contributed by atoms with Crippen LogP contribution in [0.3, 0.4) is 0 Å². The van der Waals surface area contributed by atoms with Crippen molar-refractivity contribution >= 4 is 41.9 Å². The molecule has 46 heavy (non-hydrogen) atoms. The summed E-state index contributed by atoms with van der Waals surface area (Å²) in [6.45, 7) is -0.181. The van der Waals surface area contributed by atoms with Crippen LogP contribution in [-0.4, -0.2) is 81.3 Å². The second-order valence-corrected chi connectivity index (χ2v) is 8.00. The maximum atomic E-state index is 13.4. The molecule has 0 spiro atoms. The Morgan fingerprint density at radius 1 is 0.826 bits per heavy atom. The number of thiocarbonyl (C=S) groups is 1. The summed E-state index contributed by atoms with van der Waals surface area (Å²) in [5, 5.41) is 14.0. The SMILES string of the molecule is CNC(=S)NNC(=O)C(F)(F)C(F)(F)C(F)(F)C(F)(F)F.Cn1c(C(F)(F)C(F)(F)C(F)(F)C(F)(F)F)n[nH]c1=S.O=CO[O-].[Na+]. The second kappa shape index (κ2) is 16.2. The number of hydrogen-bond acceptors (Lipinski definition) is 7. The summed E-state index contributed by atoms with van der Waals surface area (Å²) in [5.41, 5.74) is 2.16. The van der Waals surface area contributed by atoms with E-state index in [9.17, 15) is 83.8 Å². The number of nitrogens with zero attached hydrogens (tertiary/aromatic N) is 2. The molecule has 1 heterocycles. The maximum Gasteiger partial charge on any atom is 1.00 e. The first-order valence-electron chi connectivity index (χ1n) is 9.74. The van der Waals surface area contributed by atoms with E-state index in [4.69, 9.17) is 10.1 Å². The molecule has 1 rings (SSSR count). The zero-order chi connectivity index (χ0) is 36.8. The van der Waals surface area contributed by atoms with Crippen molar-refractivity contribution in [1.29, 1.82) is 0 Å². The van der Waals surface area contributed by atoms with Crippen LogP contribution in [0.5, 0.6) is 0 Å². The van der Waals surface area contributed by atoms with E-state index in [1.165, 1.54) is 5.43 Å². The minimum atomic E-state index is -7.13. The molecular formula is C15H11F18N6NaO4S2. The Labute approximate surface area is 273 Å². The number of nitrogens with one attached hydrogen (secondary N) is 4. The molecule has 264 valence electrons. The summed E-state index contributed by atoms with van der Waals surface area (Å²) < 4.78 is 224. The molecule has 1 amide bonds. The molecule has 4 N–H and O–H groups in total. The van der Waals surface area contributed by atoms with Gasteiger partial charge in [-0.3, -0.25) is 25.5 Å². The van der Waals surface area contributed by atoms with Crippen molar-refractivity contribution in [2.45, 2.75) is 47.9 Å². The number of carbonyl (C=O) groups is 2. The van der Waals surface area contributed by atoms with Gasteiger partial charge in [-0.15, -0.1) is 0 Å². The smallest absolute Gasteiger partial charge is 0.662 e. The van der Waals surface area contributed by atoms with Crippen molar-refractivity contribution in [3.8, 4) is 0 Å². The van der Waals surface area contributed by atoms with Gasteiger partial charge in [-0.1, -0.05) is 0 Å². The summed E-state index contributed by atoms with van der Waals surface area (Å²) >= 11 is 8.51. The van der Waals surface area contributed by atoms with Gasteiger partial charge in [-0.05, 0) is 24.4 Å². The predicted molar refractivity (Wildman–Crippen MR) is 109 cm³/mol. The van der Waals surface area contributed by atoms with Crippen molar-refractivity contribution in [3.63, 3.8) is 0 Å². The van der Waals surface area contributed by atoms with E-state index < -0.39 is 69.5 Å². The standard InChI is InChI=1S/C7H6F9N3OS.C7H4F9N3S.CH2O3.Na/c1-17-3(21)19-18-2(20)4(8,9)5(10,11)6(12,13)7(14,15)16;1-19-2(17-18-3(19)20)4(8,9)5(10,11)6(12,13)7(14,15)16;2-1-4-3;/h1H3,(H,18,20)(H2,17,19,21);1H3,(H,18,20);1,3H;/q;;;+1/p-1. The van der Waals surface area contributed by atoms with Gasteiger partial charge in [0, 0.05) is 14.1 Å². The summed E-state index contributed by atoms with van der Waals surface area (Å²) in [6.07, 6.45) is -13.9. The van der Waals surface area contributed by atoms with Crippen molar-refractivity contribution in [3.05, 3.63) is 10.6 Å². The summed E-state index contributed by atoms with van der Waals surface area (Å²) in [5.74, 6) is -45.3. The number of hydrazine groups is 1. The fourth-order valence-electron chi connectivity index (χ4n) is 1.92. The van der Waals surface area contributed by atoms with Crippen molar-refractivity contribution < 1.29 is 128 Å². The Hall–Kier alpha value is -2.31. The molecular weight excluding hydrogens is 757 g/mol. The van der Waals surface area contributed by atoms with Gasteiger partial charge in [0.15, 0.2) is 9.88 Å². The molecule has 0 atom stereocenters. The fourth-order valence-corrected chi connectivity index (χ4v) is 2.10. The Bertz CT molecular complexity index is 1240. The number of rotatable bonds is 7. The monoisotopic (exact) mass is 768 g/mol. The van der Waals surface area contributed by atoms with Gasteiger partial charge in [0.05, 0.1) is 0 Å². The van der Waals surface area contributed by atoms with E-state index in [0.29, 0.717) is 7.05 Å². The van der Waals surface area contributed by atoms with Crippen LogP contribution in [0.4, 0.5) is 79.0 Å². The topological polar surface area (TPSA) is 136 Å². The van der Waals surface area contributed by atoms with Crippen LogP contribution >= 0.6 is 24.4 Å². The van der Waals surface area contributed by atoms with Gasteiger partial charge in [0.25, 0.3) is 6.47 Å². The largest absolute Gasteiger partial charge is 1.00 e.